The van der Waals surface area contributed by atoms with E-state index in [1.165, 1.54) is 26.2 Å². The van der Waals surface area contributed by atoms with Gasteiger partial charge in [-0.1, -0.05) is 43.3 Å². The van der Waals surface area contributed by atoms with Crippen LogP contribution >= 0.6 is 11.8 Å². The molecule has 0 unspecified atom stereocenters. The van der Waals surface area contributed by atoms with Gasteiger partial charge in [0.1, 0.15) is 0 Å². The number of urea groups is 1. The van der Waals surface area contributed by atoms with Crippen molar-refractivity contribution >= 4 is 35.1 Å². The zero-order valence-corrected chi connectivity index (χ0v) is 27.9. The van der Waals surface area contributed by atoms with Gasteiger partial charge in [0, 0.05) is 46.0 Å². The Morgan fingerprint density at radius 2 is 1.38 bits per heavy atom. The highest BCUT2D eigenvalue weighted by atomic mass is 32.2. The van der Waals surface area contributed by atoms with E-state index in [-0.39, 0.29) is 42.2 Å². The Morgan fingerprint density at radius 1 is 0.809 bits per heavy atom. The van der Waals surface area contributed by atoms with Crippen LogP contribution in [0.1, 0.15) is 81.5 Å². The maximum absolute atomic E-state index is 13.2. The third kappa shape index (κ3) is 7.38. The van der Waals surface area contributed by atoms with E-state index in [1.807, 2.05) is 72.8 Å². The Morgan fingerprint density at radius 3 is 1.98 bits per heavy atom. The Kier molecular flexibility index (Phi) is 9.33. The fourth-order valence-corrected chi connectivity index (χ4v) is 9.78. The van der Waals surface area contributed by atoms with Gasteiger partial charge < -0.3 is 30.5 Å². The molecule has 1 aliphatic heterocycles. The predicted octanol–water partition coefficient (Wildman–Crippen LogP) is 7.81. The number of benzene rings is 3. The third-order valence-corrected chi connectivity index (χ3v) is 11.7. The van der Waals surface area contributed by atoms with Crippen LogP contribution < -0.4 is 16.0 Å². The molecule has 4 saturated carbocycles. The molecule has 8 nitrogen and oxygen atoms in total. The molecule has 3 aromatic rings. The first kappa shape index (κ1) is 32.2. The molecule has 4 atom stereocenters. The fraction of sp³-hybridized carbons (Fsp3) is 0.474. The molecule has 4 bridgehead atoms. The minimum absolute atomic E-state index is 0.00592. The van der Waals surface area contributed by atoms with E-state index in [0.29, 0.717) is 0 Å². The van der Waals surface area contributed by atoms with E-state index < -0.39 is 6.29 Å². The van der Waals surface area contributed by atoms with Crippen LogP contribution in [0.2, 0.25) is 0 Å². The lowest BCUT2D eigenvalue weighted by Crippen LogP contribution is -2.60. The van der Waals surface area contributed by atoms with Gasteiger partial charge in [0.25, 0.3) is 0 Å². The smallest absolute Gasteiger partial charge is 0.319 e. The lowest BCUT2D eigenvalue weighted by atomic mass is 9.53. The number of nitrogens with one attached hydrogen (secondary N) is 3. The van der Waals surface area contributed by atoms with E-state index in [9.17, 15) is 14.7 Å². The SMILES string of the molecule is CC(=O)Nc1ccc(SC[C@@H]2O[C@H](c3ccc(NC(=O)NC45CC6CC(CC(C6)C4)C5)cc3)O[C@H](c3ccc(CO)cc3)[C@@H]2C)cc1. The van der Waals surface area contributed by atoms with Gasteiger partial charge in [-0.3, -0.25) is 4.79 Å². The van der Waals surface area contributed by atoms with Gasteiger partial charge in [0.15, 0.2) is 6.29 Å². The zero-order valence-electron chi connectivity index (χ0n) is 27.1. The number of carbonyl (C=O) groups excluding carboxylic acids is 2. The molecule has 47 heavy (non-hydrogen) atoms. The minimum Gasteiger partial charge on any atom is -0.392 e. The van der Waals surface area contributed by atoms with Crippen molar-refractivity contribution in [2.24, 2.45) is 23.7 Å². The summed E-state index contributed by atoms with van der Waals surface area (Å²) in [6.45, 7) is 3.65. The molecule has 0 spiro atoms. The van der Waals surface area contributed by atoms with Crippen LogP contribution in [0.15, 0.2) is 77.7 Å². The first-order chi connectivity index (χ1) is 22.7. The summed E-state index contributed by atoms with van der Waals surface area (Å²) in [6.07, 6.45) is 6.47. The molecule has 5 aliphatic rings. The van der Waals surface area contributed by atoms with Gasteiger partial charge in [-0.25, -0.2) is 4.79 Å². The molecular weight excluding hydrogens is 611 g/mol. The first-order valence-corrected chi connectivity index (χ1v) is 17.9. The van der Waals surface area contributed by atoms with Gasteiger partial charge in [0.05, 0.1) is 18.8 Å². The normalized spacial score (nSPS) is 30.9. The third-order valence-electron chi connectivity index (χ3n) is 10.6. The average molecular weight is 656 g/mol. The summed E-state index contributed by atoms with van der Waals surface area (Å²) in [5.74, 6) is 3.00. The van der Waals surface area contributed by atoms with Crippen LogP contribution in [0.5, 0.6) is 0 Å². The highest BCUT2D eigenvalue weighted by Crippen LogP contribution is 2.55. The number of amides is 3. The van der Waals surface area contributed by atoms with Gasteiger partial charge in [-0.15, -0.1) is 11.8 Å². The molecule has 4 N–H and O–H groups in total. The summed E-state index contributed by atoms with van der Waals surface area (Å²) < 4.78 is 13.2. The summed E-state index contributed by atoms with van der Waals surface area (Å²) in [5, 5.41) is 18.9. The average Bonchev–Trinajstić information content (AvgIpc) is 3.04. The van der Waals surface area contributed by atoms with Gasteiger partial charge in [-0.2, -0.15) is 0 Å². The molecule has 0 radical (unpaired) electrons. The second-order valence-corrected chi connectivity index (χ2v) is 15.3. The second-order valence-electron chi connectivity index (χ2n) is 14.2. The molecule has 3 aromatic carbocycles. The highest BCUT2D eigenvalue weighted by molar-refractivity contribution is 7.99. The van der Waals surface area contributed by atoms with Crippen molar-refractivity contribution in [1.29, 1.82) is 0 Å². The quantitative estimate of drug-likeness (QED) is 0.175. The number of ether oxygens (including phenoxy) is 2. The first-order valence-electron chi connectivity index (χ1n) is 16.9. The Balaban J connectivity index is 1.03. The number of thioether (sulfide) groups is 1. The topological polar surface area (TPSA) is 109 Å². The number of anilines is 2. The van der Waals surface area contributed by atoms with Crippen LogP contribution in [0, 0.1) is 23.7 Å². The molecule has 9 heteroatoms. The highest BCUT2D eigenvalue weighted by Gasteiger charge is 2.51. The molecule has 1 saturated heterocycles. The zero-order chi connectivity index (χ0) is 32.5. The standard InChI is InChI=1S/C38H45N3O5S/c1-23-34(22-47-33-13-11-31(12-14-33)39-24(2)43)45-36(46-35(23)29-5-3-25(21-42)4-6-29)30-7-9-32(10-8-30)40-37(44)41-38-18-26-15-27(19-38)17-28(16-26)20-38/h3-14,23,26-28,34-36,42H,15-22H2,1-2H3,(H,39,43)(H2,40,41,44)/t23-,26?,27?,28?,34+,35+,36+,38?/m1/s1. The van der Waals surface area contributed by atoms with Gasteiger partial charge >= 0.3 is 6.03 Å². The van der Waals surface area contributed by atoms with Crippen LogP contribution in [0.4, 0.5) is 16.2 Å². The minimum atomic E-state index is -0.587. The number of hydrogen-bond acceptors (Lipinski definition) is 6. The summed E-state index contributed by atoms with van der Waals surface area (Å²) >= 11 is 1.71. The molecule has 5 fully saturated rings. The fourth-order valence-electron chi connectivity index (χ4n) is 8.72. The maximum Gasteiger partial charge on any atom is 0.319 e. The van der Waals surface area contributed by atoms with Gasteiger partial charge in [0.2, 0.25) is 5.91 Å². The van der Waals surface area contributed by atoms with E-state index in [1.54, 1.807) is 11.8 Å². The molecule has 8 rings (SSSR count). The summed E-state index contributed by atoms with van der Waals surface area (Å²) in [7, 11) is 0. The van der Waals surface area contributed by atoms with E-state index >= 15 is 0 Å². The summed E-state index contributed by atoms with van der Waals surface area (Å²) in [4.78, 5) is 25.6. The number of rotatable bonds is 9. The Labute approximate surface area is 281 Å². The van der Waals surface area contributed by atoms with E-state index in [4.69, 9.17) is 9.47 Å². The number of aliphatic hydroxyl groups is 1. The van der Waals surface area contributed by atoms with Crippen molar-refractivity contribution < 1.29 is 24.2 Å². The maximum atomic E-state index is 13.2. The van der Waals surface area contributed by atoms with Crippen molar-refractivity contribution in [3.63, 3.8) is 0 Å². The van der Waals surface area contributed by atoms with Gasteiger partial charge in [-0.05, 0) is 104 Å². The van der Waals surface area contributed by atoms with Crippen LogP contribution in [0.3, 0.4) is 0 Å². The Hall–Kier alpha value is -3.37. The van der Waals surface area contributed by atoms with Crippen molar-refractivity contribution in [2.45, 2.75) is 87.9 Å². The van der Waals surface area contributed by atoms with Crippen molar-refractivity contribution in [3.05, 3.63) is 89.5 Å². The molecule has 1 heterocycles. The van der Waals surface area contributed by atoms with Crippen molar-refractivity contribution in [3.8, 4) is 0 Å². The summed E-state index contributed by atoms with van der Waals surface area (Å²) in [6, 6.07) is 23.4. The number of carbonyl (C=O) groups is 2. The summed E-state index contributed by atoms with van der Waals surface area (Å²) in [5.41, 5.74) is 4.26. The van der Waals surface area contributed by atoms with Crippen molar-refractivity contribution in [1.82, 2.24) is 5.32 Å². The van der Waals surface area contributed by atoms with Crippen LogP contribution in [-0.2, 0) is 20.9 Å². The van der Waals surface area contributed by atoms with E-state index in [2.05, 4.69) is 22.9 Å². The molecule has 0 aromatic heterocycles. The van der Waals surface area contributed by atoms with E-state index in [0.717, 1.165) is 75.7 Å². The molecule has 3 amide bonds. The van der Waals surface area contributed by atoms with Crippen LogP contribution in [0.25, 0.3) is 0 Å². The second kappa shape index (κ2) is 13.6. The molecule has 4 aliphatic carbocycles. The van der Waals surface area contributed by atoms with Crippen molar-refractivity contribution in [2.75, 3.05) is 16.4 Å². The lowest BCUT2D eigenvalue weighted by molar-refractivity contribution is -0.268. The monoisotopic (exact) mass is 655 g/mol. The number of hydrogen-bond donors (Lipinski definition) is 4. The molecule has 248 valence electrons. The predicted molar refractivity (Wildman–Crippen MR) is 184 cm³/mol. The number of aliphatic hydroxyl groups excluding tert-OH is 1. The largest absolute Gasteiger partial charge is 0.392 e. The lowest BCUT2D eigenvalue weighted by Gasteiger charge is -2.56. The molecular formula is C38H45N3O5S. The van der Waals surface area contributed by atoms with Crippen LogP contribution in [-0.4, -0.2) is 34.4 Å². The Bertz CT molecular complexity index is 1530.